The molecule has 18 heavy (non-hydrogen) atoms. The Morgan fingerprint density at radius 3 is 2.17 bits per heavy atom. The van der Waals surface area contributed by atoms with Gasteiger partial charge in [0, 0.05) is 11.7 Å². The predicted octanol–water partition coefficient (Wildman–Crippen LogP) is 0.652. The second kappa shape index (κ2) is 7.94. The van der Waals surface area contributed by atoms with Gasteiger partial charge in [0.1, 0.15) is 6.54 Å². The zero-order chi connectivity index (χ0) is 12.9. The van der Waals surface area contributed by atoms with Gasteiger partial charge in [-0.2, -0.15) is 0 Å². The maximum absolute atomic E-state index is 3.78. The van der Waals surface area contributed by atoms with E-state index >= 15 is 0 Å². The van der Waals surface area contributed by atoms with Gasteiger partial charge in [0.2, 0.25) is 0 Å². The monoisotopic (exact) mass is 285 g/mol. The second-order valence-corrected chi connectivity index (χ2v) is 8.17. The van der Waals surface area contributed by atoms with Crippen molar-refractivity contribution >= 4 is 14.0 Å². The Bertz CT molecular complexity index is 357. The summed E-state index contributed by atoms with van der Waals surface area (Å²) in [5, 5.41) is 0. The minimum absolute atomic E-state index is 0. The molecule has 0 amide bonds. The summed E-state index contributed by atoms with van der Waals surface area (Å²) in [5.74, 6) is 0. The first-order valence-electron chi connectivity index (χ1n) is 6.11. The standard InChI is InChI=1S/C15H25NP.ClH/c1-6-14-7-9-15(10-8-14)13-16(2,3)11-12-17(4)5;/h6-10H,1,11-13H2,2-5H3;1H/q+1;/p-1. The molecule has 0 N–H and O–H groups in total. The zero-order valence-corrected chi connectivity index (χ0v) is 13.6. The molecule has 1 aromatic rings. The van der Waals surface area contributed by atoms with E-state index in [1.54, 1.807) is 0 Å². The van der Waals surface area contributed by atoms with Crippen LogP contribution in [-0.2, 0) is 6.54 Å². The van der Waals surface area contributed by atoms with Crippen LogP contribution in [-0.4, -0.2) is 44.6 Å². The van der Waals surface area contributed by atoms with Gasteiger partial charge >= 0.3 is 0 Å². The lowest BCUT2D eigenvalue weighted by atomic mass is 10.1. The average Bonchev–Trinajstić information content (AvgIpc) is 2.27. The van der Waals surface area contributed by atoms with Gasteiger partial charge in [-0.3, -0.25) is 0 Å². The molecule has 0 spiro atoms. The van der Waals surface area contributed by atoms with Gasteiger partial charge in [0.05, 0.1) is 20.6 Å². The van der Waals surface area contributed by atoms with Crippen LogP contribution in [0.5, 0.6) is 0 Å². The Morgan fingerprint density at radius 2 is 1.72 bits per heavy atom. The third kappa shape index (κ3) is 6.54. The topological polar surface area (TPSA) is 0 Å². The van der Waals surface area contributed by atoms with Crippen LogP contribution >= 0.6 is 7.92 Å². The van der Waals surface area contributed by atoms with E-state index in [4.69, 9.17) is 0 Å². The highest BCUT2D eigenvalue weighted by Crippen LogP contribution is 2.25. The number of hydrogen-bond acceptors (Lipinski definition) is 0. The lowest BCUT2D eigenvalue weighted by Gasteiger charge is -2.30. The molecule has 0 aromatic heterocycles. The Kier molecular flexibility index (Phi) is 7.78. The van der Waals surface area contributed by atoms with Crippen molar-refractivity contribution in [3.63, 3.8) is 0 Å². The van der Waals surface area contributed by atoms with Gasteiger partial charge in [-0.1, -0.05) is 36.9 Å². The molecule has 0 aliphatic heterocycles. The van der Waals surface area contributed by atoms with Gasteiger partial charge in [0.25, 0.3) is 0 Å². The summed E-state index contributed by atoms with van der Waals surface area (Å²) in [4.78, 5) is 0. The molecule has 0 bridgehead atoms. The summed E-state index contributed by atoms with van der Waals surface area (Å²) >= 11 is 0. The molecule has 0 aliphatic rings. The Balaban J connectivity index is 0.00000289. The van der Waals surface area contributed by atoms with Crippen LogP contribution in [0.4, 0.5) is 0 Å². The van der Waals surface area contributed by atoms with E-state index in [1.165, 1.54) is 23.8 Å². The Labute approximate surface area is 120 Å². The van der Waals surface area contributed by atoms with Crippen molar-refractivity contribution in [2.24, 2.45) is 0 Å². The first-order chi connectivity index (χ1) is 7.93. The third-order valence-corrected chi connectivity index (χ3v) is 4.07. The fourth-order valence-corrected chi connectivity index (χ4v) is 2.74. The zero-order valence-electron chi connectivity index (χ0n) is 12.0. The average molecular weight is 286 g/mol. The third-order valence-electron chi connectivity index (χ3n) is 2.98. The van der Waals surface area contributed by atoms with E-state index in [0.29, 0.717) is 0 Å². The summed E-state index contributed by atoms with van der Waals surface area (Å²) in [6.07, 6.45) is 3.25. The number of quaternary nitrogens is 1. The number of benzene rings is 1. The molecule has 0 saturated carbocycles. The molecule has 0 heterocycles. The highest BCUT2D eigenvalue weighted by molar-refractivity contribution is 7.55. The van der Waals surface area contributed by atoms with E-state index in [0.717, 1.165) is 11.0 Å². The smallest absolute Gasteiger partial charge is 0.104 e. The van der Waals surface area contributed by atoms with Crippen molar-refractivity contribution in [1.29, 1.82) is 0 Å². The van der Waals surface area contributed by atoms with Crippen LogP contribution in [0.1, 0.15) is 11.1 Å². The number of rotatable bonds is 6. The summed E-state index contributed by atoms with van der Waals surface area (Å²) in [6.45, 7) is 10.9. The minimum atomic E-state index is 0. The van der Waals surface area contributed by atoms with Crippen molar-refractivity contribution in [1.82, 2.24) is 0 Å². The molecule has 0 atom stereocenters. The molecule has 3 heteroatoms. The normalized spacial score (nSPS) is 11.2. The van der Waals surface area contributed by atoms with Gasteiger partial charge in [-0.25, -0.2) is 0 Å². The van der Waals surface area contributed by atoms with Gasteiger partial charge < -0.3 is 16.9 Å². The molecule has 0 aliphatic carbocycles. The fraction of sp³-hybridized carbons (Fsp3) is 0.467. The summed E-state index contributed by atoms with van der Waals surface area (Å²) in [7, 11) is 4.86. The molecule has 1 nitrogen and oxygen atoms in total. The van der Waals surface area contributed by atoms with Crippen LogP contribution < -0.4 is 12.4 Å². The molecular formula is C15H25ClNP. The SMILES string of the molecule is C=Cc1ccc(C[N+](C)(C)CCP(C)C)cc1.[Cl-]. The van der Waals surface area contributed by atoms with Crippen molar-refractivity contribution in [2.45, 2.75) is 6.54 Å². The molecule has 102 valence electrons. The van der Waals surface area contributed by atoms with E-state index in [9.17, 15) is 0 Å². The maximum Gasteiger partial charge on any atom is 0.104 e. The van der Waals surface area contributed by atoms with Crippen LogP contribution in [0.25, 0.3) is 6.08 Å². The number of hydrogen-bond donors (Lipinski definition) is 0. The number of nitrogens with zero attached hydrogens (tertiary/aromatic N) is 1. The van der Waals surface area contributed by atoms with Crippen LogP contribution in [0.2, 0.25) is 0 Å². The Morgan fingerprint density at radius 1 is 1.17 bits per heavy atom. The van der Waals surface area contributed by atoms with E-state index in [1.807, 2.05) is 6.08 Å². The lowest BCUT2D eigenvalue weighted by Crippen LogP contribution is -3.00. The second-order valence-electron chi connectivity index (χ2n) is 5.57. The van der Waals surface area contributed by atoms with Crippen molar-refractivity contribution < 1.29 is 16.9 Å². The lowest BCUT2D eigenvalue weighted by molar-refractivity contribution is -0.901. The molecular weight excluding hydrogens is 261 g/mol. The van der Waals surface area contributed by atoms with Crippen LogP contribution in [0.15, 0.2) is 30.8 Å². The largest absolute Gasteiger partial charge is 1.00 e. The number of halogens is 1. The van der Waals surface area contributed by atoms with Crippen LogP contribution in [0.3, 0.4) is 0 Å². The summed E-state index contributed by atoms with van der Waals surface area (Å²) < 4.78 is 1.08. The maximum atomic E-state index is 3.78. The molecule has 0 unspecified atom stereocenters. The minimum Gasteiger partial charge on any atom is -1.00 e. The molecule has 1 aromatic carbocycles. The van der Waals surface area contributed by atoms with Gasteiger partial charge in [0.15, 0.2) is 0 Å². The molecule has 0 saturated heterocycles. The first-order valence-corrected chi connectivity index (χ1v) is 8.53. The highest BCUT2D eigenvalue weighted by Gasteiger charge is 2.15. The van der Waals surface area contributed by atoms with Crippen molar-refractivity contribution in [3.8, 4) is 0 Å². The quantitative estimate of drug-likeness (QED) is 0.532. The first kappa shape index (κ1) is 17.6. The van der Waals surface area contributed by atoms with E-state index < -0.39 is 0 Å². The van der Waals surface area contributed by atoms with Gasteiger partial charge in [-0.15, -0.1) is 7.92 Å². The summed E-state index contributed by atoms with van der Waals surface area (Å²) in [5.41, 5.74) is 2.61. The molecule has 1 rings (SSSR count). The van der Waals surface area contributed by atoms with Crippen molar-refractivity contribution in [3.05, 3.63) is 42.0 Å². The molecule has 0 radical (unpaired) electrons. The van der Waals surface area contributed by atoms with E-state index in [-0.39, 0.29) is 20.3 Å². The van der Waals surface area contributed by atoms with Gasteiger partial charge in [-0.05, 0) is 18.9 Å². The van der Waals surface area contributed by atoms with Crippen molar-refractivity contribution in [2.75, 3.05) is 40.1 Å². The Hall–Kier alpha value is -0.360. The van der Waals surface area contributed by atoms with E-state index in [2.05, 4.69) is 58.3 Å². The predicted molar refractivity (Wildman–Crippen MR) is 80.8 cm³/mol. The fourth-order valence-electron chi connectivity index (χ4n) is 1.80. The molecule has 0 fully saturated rings. The van der Waals surface area contributed by atoms with Crippen LogP contribution in [0, 0.1) is 0 Å². The highest BCUT2D eigenvalue weighted by atomic mass is 35.5. The summed E-state index contributed by atoms with van der Waals surface area (Å²) in [6, 6.07) is 8.74.